The van der Waals surface area contributed by atoms with Gasteiger partial charge >= 0.3 is 0 Å². The highest BCUT2D eigenvalue weighted by molar-refractivity contribution is 5.91. The topological polar surface area (TPSA) is 125 Å². The van der Waals surface area contributed by atoms with E-state index in [1.54, 1.807) is 12.4 Å². The molecule has 0 aliphatic carbocycles. The Morgan fingerprint density at radius 2 is 1.82 bits per heavy atom. The van der Waals surface area contributed by atoms with Crippen LogP contribution in [0.1, 0.15) is 12.8 Å². The number of aromatic amines is 1. The van der Waals surface area contributed by atoms with Crippen LogP contribution in [0.5, 0.6) is 0 Å². The van der Waals surface area contributed by atoms with Gasteiger partial charge in [-0.1, -0.05) is 0 Å². The second-order valence-electron chi connectivity index (χ2n) is 11.5. The summed E-state index contributed by atoms with van der Waals surface area (Å²) in [5.74, 6) is 1.14. The first-order valence-electron chi connectivity index (χ1n) is 15.4. The minimum atomic E-state index is 0.476. The number of ether oxygens (including phenoxy) is 1. The van der Waals surface area contributed by atoms with Crippen molar-refractivity contribution in [2.75, 3.05) is 54.9 Å². The predicted octanol–water partition coefficient (Wildman–Crippen LogP) is 4.89. The van der Waals surface area contributed by atoms with Crippen LogP contribution in [0.15, 0.2) is 67.4 Å². The maximum absolute atomic E-state index is 5.58. The number of fused-ring (bicyclic) bond motifs is 2. The second-order valence-corrected chi connectivity index (χ2v) is 11.5. The molecule has 8 rings (SSSR count). The highest BCUT2D eigenvalue weighted by atomic mass is 16.5. The Kier molecular flexibility index (Phi) is 7.20. The van der Waals surface area contributed by atoms with Crippen LogP contribution in [0, 0.1) is 6.07 Å². The summed E-state index contributed by atoms with van der Waals surface area (Å²) in [5.41, 5.74) is 7.26. The second kappa shape index (κ2) is 11.8. The molecule has 0 saturated carbocycles. The molecule has 0 atom stereocenters. The van der Waals surface area contributed by atoms with Crippen molar-refractivity contribution in [3.8, 4) is 11.1 Å². The van der Waals surface area contributed by atoms with Gasteiger partial charge in [-0.15, -0.1) is 0 Å². The molecule has 0 unspecified atom stereocenters. The van der Waals surface area contributed by atoms with Crippen LogP contribution in [0.25, 0.3) is 33.2 Å². The van der Waals surface area contributed by atoms with Crippen LogP contribution in [0.2, 0.25) is 0 Å². The quantitative estimate of drug-likeness (QED) is 0.233. The molecule has 0 amide bonds. The van der Waals surface area contributed by atoms with Gasteiger partial charge in [-0.25, -0.2) is 0 Å². The van der Waals surface area contributed by atoms with Crippen molar-refractivity contribution >= 4 is 50.9 Å². The van der Waals surface area contributed by atoms with E-state index in [0.717, 1.165) is 91.3 Å². The average molecular weight is 601 g/mol. The smallest absolute Gasteiger partial charge is 0.231 e. The van der Waals surface area contributed by atoms with Crippen LogP contribution in [0.4, 0.5) is 28.8 Å². The third-order valence-corrected chi connectivity index (χ3v) is 8.69. The number of aromatic nitrogens is 7. The Bertz CT molecular complexity index is 1950. The molecule has 12 heteroatoms. The fraction of sp³-hybridized carbons (Fsp3) is 0.303. The van der Waals surface area contributed by atoms with Gasteiger partial charge in [0.05, 0.1) is 41.5 Å². The summed E-state index contributed by atoms with van der Waals surface area (Å²) in [5, 5.41) is 12.2. The number of benzene rings is 2. The van der Waals surface area contributed by atoms with Crippen LogP contribution in [-0.2, 0) is 11.8 Å². The fourth-order valence-electron chi connectivity index (χ4n) is 6.42. The zero-order chi connectivity index (χ0) is 30.2. The van der Waals surface area contributed by atoms with Crippen molar-refractivity contribution in [3.05, 3.63) is 73.4 Å². The van der Waals surface area contributed by atoms with Crippen molar-refractivity contribution in [2.45, 2.75) is 18.9 Å². The van der Waals surface area contributed by atoms with Crippen LogP contribution < -0.4 is 15.5 Å². The maximum atomic E-state index is 5.58. The third-order valence-electron chi connectivity index (χ3n) is 8.69. The van der Waals surface area contributed by atoms with E-state index in [1.165, 1.54) is 5.69 Å². The molecule has 2 aromatic carbocycles. The summed E-state index contributed by atoms with van der Waals surface area (Å²) in [6.07, 6.45) is 11.5. The number of H-pyrrole nitrogens is 1. The molecule has 0 bridgehead atoms. The molecule has 6 aromatic rings. The molecule has 2 fully saturated rings. The van der Waals surface area contributed by atoms with E-state index in [-0.39, 0.29) is 0 Å². The molecular formula is C33H34N11O. The van der Waals surface area contributed by atoms with Gasteiger partial charge in [-0.05, 0) is 49.2 Å². The zero-order valence-electron chi connectivity index (χ0n) is 25.1. The molecule has 2 aliphatic rings. The Morgan fingerprint density at radius 3 is 2.67 bits per heavy atom. The minimum absolute atomic E-state index is 0.476. The fourth-order valence-corrected chi connectivity index (χ4v) is 6.42. The van der Waals surface area contributed by atoms with E-state index in [9.17, 15) is 0 Å². The zero-order valence-corrected chi connectivity index (χ0v) is 25.1. The van der Waals surface area contributed by atoms with E-state index in [1.807, 2.05) is 42.3 Å². The summed E-state index contributed by atoms with van der Waals surface area (Å²) >= 11 is 0. The molecule has 0 spiro atoms. The minimum Gasteiger partial charge on any atom is -0.379 e. The van der Waals surface area contributed by atoms with Gasteiger partial charge in [0.1, 0.15) is 11.5 Å². The van der Waals surface area contributed by atoms with E-state index in [0.29, 0.717) is 23.3 Å². The number of morpholine rings is 1. The molecule has 45 heavy (non-hydrogen) atoms. The molecule has 3 N–H and O–H groups in total. The lowest BCUT2D eigenvalue weighted by Gasteiger charge is -2.41. The number of hydrogen-bond donors (Lipinski definition) is 3. The average Bonchev–Trinajstić information content (AvgIpc) is 3.74. The van der Waals surface area contributed by atoms with Gasteiger partial charge in [-0.2, -0.15) is 15.1 Å². The van der Waals surface area contributed by atoms with E-state index >= 15 is 0 Å². The Morgan fingerprint density at radius 1 is 0.956 bits per heavy atom. The molecule has 1 radical (unpaired) electrons. The number of anilines is 5. The van der Waals surface area contributed by atoms with Crippen molar-refractivity contribution in [1.29, 1.82) is 0 Å². The highest BCUT2D eigenvalue weighted by Crippen LogP contribution is 2.36. The van der Waals surface area contributed by atoms with Crippen molar-refractivity contribution < 1.29 is 4.74 Å². The van der Waals surface area contributed by atoms with Crippen LogP contribution in [-0.4, -0.2) is 85.0 Å². The normalized spacial score (nSPS) is 16.4. The van der Waals surface area contributed by atoms with Gasteiger partial charge in [0.15, 0.2) is 0 Å². The number of nitrogens with zero attached hydrogens (tertiary/aromatic N) is 8. The van der Waals surface area contributed by atoms with Gasteiger partial charge < -0.3 is 25.3 Å². The van der Waals surface area contributed by atoms with Crippen LogP contribution in [0.3, 0.4) is 0 Å². The first-order valence-corrected chi connectivity index (χ1v) is 15.4. The number of hydrogen-bond acceptors (Lipinski definition) is 10. The Hall–Kier alpha value is -5.07. The van der Waals surface area contributed by atoms with Crippen LogP contribution >= 0.6 is 0 Å². The SMILES string of the molecule is Cn1cc(-c2cc(Nc3nc(Nc4[c]c5nccnc5cc4)c4cc[nH]c4n3)ccc2N2CCC(N3CCOCC3)CC2)cn1. The first-order chi connectivity index (χ1) is 22.2. The molecule has 4 aromatic heterocycles. The Balaban J connectivity index is 1.07. The van der Waals surface area contributed by atoms with E-state index in [2.05, 4.69) is 70.9 Å². The highest BCUT2D eigenvalue weighted by Gasteiger charge is 2.27. The van der Waals surface area contributed by atoms with E-state index in [4.69, 9.17) is 14.7 Å². The van der Waals surface area contributed by atoms with Crippen molar-refractivity contribution in [2.24, 2.45) is 7.05 Å². The van der Waals surface area contributed by atoms with Crippen molar-refractivity contribution in [3.63, 3.8) is 0 Å². The molecule has 227 valence electrons. The lowest BCUT2D eigenvalue weighted by Crippen LogP contribution is -2.49. The largest absolute Gasteiger partial charge is 0.379 e. The number of aryl methyl sites for hydroxylation is 1. The van der Waals surface area contributed by atoms with Gasteiger partial charge in [0.2, 0.25) is 5.95 Å². The monoisotopic (exact) mass is 600 g/mol. The Labute approximate surface area is 260 Å². The van der Waals surface area contributed by atoms with Gasteiger partial charge in [0, 0.05) is 92.6 Å². The van der Waals surface area contributed by atoms with Gasteiger partial charge in [0.25, 0.3) is 0 Å². The number of rotatable bonds is 7. The molecule has 2 saturated heterocycles. The summed E-state index contributed by atoms with van der Waals surface area (Å²) < 4.78 is 7.43. The summed E-state index contributed by atoms with van der Waals surface area (Å²) in [7, 11) is 1.95. The van der Waals surface area contributed by atoms with E-state index < -0.39 is 0 Å². The molecule has 6 heterocycles. The standard InChI is InChI=1S/C33H34N11O/c1-42-21-22(20-37-42)27-18-23(3-5-30(27)44-12-7-25(8-13-44)43-14-16-45-17-15-43)39-33-40-31-26(6-9-36-31)32(41-33)38-24-2-4-28-29(19-24)35-11-10-34-28/h2-6,9-11,18,20-21,25H,7-8,12-17H2,1H3,(H3,36,38,39,40,41). The lowest BCUT2D eigenvalue weighted by atomic mass is 9.99. The maximum Gasteiger partial charge on any atom is 0.231 e. The summed E-state index contributed by atoms with van der Waals surface area (Å²) in [4.78, 5) is 26.7. The summed E-state index contributed by atoms with van der Waals surface area (Å²) in [6, 6.07) is 16.2. The van der Waals surface area contributed by atoms with Gasteiger partial charge in [-0.3, -0.25) is 19.5 Å². The predicted molar refractivity (Wildman–Crippen MR) is 175 cm³/mol. The van der Waals surface area contributed by atoms with Crippen molar-refractivity contribution in [1.82, 2.24) is 39.6 Å². The number of nitrogens with one attached hydrogen (secondary N) is 3. The number of piperidine rings is 1. The molecule has 2 aliphatic heterocycles. The molecular weight excluding hydrogens is 566 g/mol. The lowest BCUT2D eigenvalue weighted by molar-refractivity contribution is 0.0115. The first kappa shape index (κ1) is 27.5. The summed E-state index contributed by atoms with van der Waals surface area (Å²) in [6.45, 7) is 5.79. The third kappa shape index (κ3) is 5.65. The molecule has 12 nitrogen and oxygen atoms in total.